The fourth-order valence-corrected chi connectivity index (χ4v) is 2.14. The van der Waals surface area contributed by atoms with Crippen molar-refractivity contribution >= 4 is 5.91 Å². The first-order valence-corrected chi connectivity index (χ1v) is 5.92. The molecule has 1 amide bonds. The van der Waals surface area contributed by atoms with Crippen LogP contribution in [0.25, 0.3) is 0 Å². The zero-order valence-electron chi connectivity index (χ0n) is 10.3. The van der Waals surface area contributed by atoms with Gasteiger partial charge in [0.2, 0.25) is 5.91 Å². The minimum absolute atomic E-state index is 0.148. The third-order valence-electron chi connectivity index (χ3n) is 3.34. The molecule has 5 heteroatoms. The second-order valence-electron chi connectivity index (χ2n) is 4.65. The molecule has 0 spiro atoms. The topological polar surface area (TPSA) is 66.6 Å². The van der Waals surface area contributed by atoms with Crippen molar-refractivity contribution in [2.45, 2.75) is 26.7 Å². The summed E-state index contributed by atoms with van der Waals surface area (Å²) in [5.74, 6) is 1.22. The highest BCUT2D eigenvalue weighted by Gasteiger charge is 2.29. The van der Waals surface area contributed by atoms with Crippen LogP contribution in [0.15, 0.2) is 4.52 Å². The Morgan fingerprint density at radius 1 is 1.53 bits per heavy atom. The van der Waals surface area contributed by atoms with E-state index in [0.29, 0.717) is 25.9 Å². The Labute approximate surface area is 100 Å². The van der Waals surface area contributed by atoms with Crippen molar-refractivity contribution in [3.8, 4) is 0 Å². The van der Waals surface area contributed by atoms with Crippen LogP contribution in [0.1, 0.15) is 23.4 Å². The summed E-state index contributed by atoms with van der Waals surface area (Å²) < 4.78 is 5.05. The van der Waals surface area contributed by atoms with E-state index in [1.807, 2.05) is 13.8 Å². The van der Waals surface area contributed by atoms with Gasteiger partial charge in [-0.25, -0.2) is 0 Å². The Bertz CT molecular complexity index is 388. The smallest absolute Gasteiger partial charge is 0.222 e. The molecule has 0 unspecified atom stereocenters. The second-order valence-corrected chi connectivity index (χ2v) is 4.65. The number of aliphatic hydroxyl groups excluding tert-OH is 1. The van der Waals surface area contributed by atoms with Crippen molar-refractivity contribution in [3.63, 3.8) is 0 Å². The maximum Gasteiger partial charge on any atom is 0.222 e. The van der Waals surface area contributed by atoms with Gasteiger partial charge in [-0.15, -0.1) is 0 Å². The number of carbonyl (C=O) groups excluding carboxylic acids is 1. The minimum Gasteiger partial charge on any atom is -0.396 e. The number of aryl methyl sites for hydroxylation is 2. The molecule has 0 atom stereocenters. The lowest BCUT2D eigenvalue weighted by Crippen LogP contribution is -2.51. The van der Waals surface area contributed by atoms with Crippen molar-refractivity contribution in [2.75, 3.05) is 19.7 Å². The zero-order valence-corrected chi connectivity index (χ0v) is 10.3. The fourth-order valence-electron chi connectivity index (χ4n) is 2.14. The lowest BCUT2D eigenvalue weighted by Gasteiger charge is -2.38. The Balaban J connectivity index is 1.81. The predicted octanol–water partition coefficient (Wildman–Crippen LogP) is 0.675. The van der Waals surface area contributed by atoms with Crippen molar-refractivity contribution < 1.29 is 14.4 Å². The summed E-state index contributed by atoms with van der Waals surface area (Å²) in [6.07, 6.45) is 1.17. The monoisotopic (exact) mass is 238 g/mol. The molecular formula is C12H18N2O3. The molecule has 0 aromatic carbocycles. The van der Waals surface area contributed by atoms with Crippen LogP contribution in [0.4, 0.5) is 0 Å². The molecule has 0 aliphatic carbocycles. The summed E-state index contributed by atoms with van der Waals surface area (Å²) in [5, 5.41) is 12.7. The molecule has 1 aromatic rings. The molecule has 0 radical (unpaired) electrons. The third-order valence-corrected chi connectivity index (χ3v) is 3.34. The SMILES string of the molecule is Cc1noc(C)c1CCC(=O)N1CC(CO)C1. The van der Waals surface area contributed by atoms with Gasteiger partial charge in [-0.05, 0) is 20.3 Å². The minimum atomic E-state index is 0.148. The Morgan fingerprint density at radius 2 is 2.24 bits per heavy atom. The maximum atomic E-state index is 11.8. The first kappa shape index (κ1) is 12.1. The van der Waals surface area contributed by atoms with Gasteiger partial charge in [-0.2, -0.15) is 0 Å². The molecule has 1 saturated heterocycles. The van der Waals surface area contributed by atoms with Crippen molar-refractivity contribution in [3.05, 3.63) is 17.0 Å². The summed E-state index contributed by atoms with van der Waals surface area (Å²) in [4.78, 5) is 13.6. The van der Waals surface area contributed by atoms with Gasteiger partial charge >= 0.3 is 0 Å². The molecule has 5 nitrogen and oxygen atoms in total. The lowest BCUT2D eigenvalue weighted by atomic mass is 10.00. The fraction of sp³-hybridized carbons (Fsp3) is 0.667. The van der Waals surface area contributed by atoms with E-state index in [4.69, 9.17) is 9.63 Å². The highest BCUT2D eigenvalue weighted by atomic mass is 16.5. The third kappa shape index (κ3) is 2.49. The summed E-state index contributed by atoms with van der Waals surface area (Å²) in [6.45, 7) is 5.31. The van der Waals surface area contributed by atoms with E-state index in [1.165, 1.54) is 0 Å². The molecule has 2 heterocycles. The van der Waals surface area contributed by atoms with Crippen molar-refractivity contribution in [1.29, 1.82) is 0 Å². The van der Waals surface area contributed by atoms with Gasteiger partial charge in [0, 0.05) is 37.6 Å². The van der Waals surface area contributed by atoms with Gasteiger partial charge in [0.05, 0.1) is 5.69 Å². The lowest BCUT2D eigenvalue weighted by molar-refractivity contribution is -0.138. The average molecular weight is 238 g/mol. The van der Waals surface area contributed by atoms with Gasteiger partial charge in [-0.1, -0.05) is 5.16 Å². The van der Waals surface area contributed by atoms with Gasteiger partial charge < -0.3 is 14.5 Å². The second kappa shape index (κ2) is 4.87. The highest BCUT2D eigenvalue weighted by Crippen LogP contribution is 2.18. The van der Waals surface area contributed by atoms with Gasteiger partial charge in [0.1, 0.15) is 5.76 Å². The average Bonchev–Trinajstić information content (AvgIpc) is 2.55. The first-order valence-electron chi connectivity index (χ1n) is 5.92. The standard InChI is InChI=1S/C12H18N2O3/c1-8-11(9(2)17-13-8)3-4-12(16)14-5-10(6-14)7-15/h10,15H,3-7H2,1-2H3. The van der Waals surface area contributed by atoms with Crippen molar-refractivity contribution in [2.24, 2.45) is 5.92 Å². The molecule has 0 bridgehead atoms. The first-order chi connectivity index (χ1) is 8.11. The number of rotatable bonds is 4. The van der Waals surface area contributed by atoms with E-state index in [2.05, 4.69) is 5.16 Å². The van der Waals surface area contributed by atoms with Gasteiger partial charge in [0.15, 0.2) is 0 Å². The van der Waals surface area contributed by atoms with E-state index in [0.717, 1.165) is 17.0 Å². The molecule has 1 aliphatic heterocycles. The van der Waals surface area contributed by atoms with Crippen LogP contribution < -0.4 is 0 Å². The molecule has 1 fully saturated rings. The largest absolute Gasteiger partial charge is 0.396 e. The Hall–Kier alpha value is -1.36. The Morgan fingerprint density at radius 3 is 2.76 bits per heavy atom. The summed E-state index contributed by atoms with van der Waals surface area (Å²) >= 11 is 0. The summed E-state index contributed by atoms with van der Waals surface area (Å²) in [5.41, 5.74) is 1.91. The number of hydrogen-bond donors (Lipinski definition) is 1. The summed E-state index contributed by atoms with van der Waals surface area (Å²) in [6, 6.07) is 0. The van der Waals surface area contributed by atoms with E-state index in [1.54, 1.807) is 4.90 Å². The van der Waals surface area contributed by atoms with E-state index in [9.17, 15) is 4.79 Å². The van der Waals surface area contributed by atoms with Crippen LogP contribution >= 0.6 is 0 Å². The highest BCUT2D eigenvalue weighted by molar-refractivity contribution is 5.77. The molecule has 2 rings (SSSR count). The van der Waals surface area contributed by atoms with Gasteiger partial charge in [-0.3, -0.25) is 4.79 Å². The van der Waals surface area contributed by atoms with E-state index in [-0.39, 0.29) is 18.4 Å². The number of hydrogen-bond acceptors (Lipinski definition) is 4. The quantitative estimate of drug-likeness (QED) is 0.837. The van der Waals surface area contributed by atoms with Crippen LogP contribution in [0.3, 0.4) is 0 Å². The molecule has 1 aliphatic rings. The van der Waals surface area contributed by atoms with Crippen LogP contribution in [0.5, 0.6) is 0 Å². The van der Waals surface area contributed by atoms with E-state index < -0.39 is 0 Å². The normalized spacial score (nSPS) is 16.1. The maximum absolute atomic E-state index is 11.8. The van der Waals surface area contributed by atoms with Gasteiger partial charge in [0.25, 0.3) is 0 Å². The number of amides is 1. The van der Waals surface area contributed by atoms with Crippen molar-refractivity contribution in [1.82, 2.24) is 10.1 Å². The Kier molecular flexibility index (Phi) is 3.47. The number of carbonyl (C=O) groups is 1. The molecule has 1 aromatic heterocycles. The number of nitrogens with zero attached hydrogens (tertiary/aromatic N) is 2. The number of likely N-dealkylation sites (tertiary alicyclic amines) is 1. The molecular weight excluding hydrogens is 220 g/mol. The molecule has 94 valence electrons. The predicted molar refractivity (Wildman–Crippen MR) is 61.5 cm³/mol. The molecule has 1 N–H and O–H groups in total. The van der Waals surface area contributed by atoms with E-state index >= 15 is 0 Å². The molecule has 0 saturated carbocycles. The molecule has 17 heavy (non-hydrogen) atoms. The number of aliphatic hydroxyl groups is 1. The zero-order chi connectivity index (χ0) is 12.4. The van der Waals surface area contributed by atoms with Crippen LogP contribution in [-0.4, -0.2) is 40.8 Å². The van der Waals surface area contributed by atoms with Crippen LogP contribution in [0.2, 0.25) is 0 Å². The van der Waals surface area contributed by atoms with Crippen LogP contribution in [-0.2, 0) is 11.2 Å². The summed E-state index contributed by atoms with van der Waals surface area (Å²) in [7, 11) is 0. The van der Waals surface area contributed by atoms with Crippen LogP contribution in [0, 0.1) is 19.8 Å². The number of aromatic nitrogens is 1.